The predicted octanol–water partition coefficient (Wildman–Crippen LogP) is 2.66. The summed E-state index contributed by atoms with van der Waals surface area (Å²) < 4.78 is 6.69. The van der Waals surface area contributed by atoms with Crippen molar-refractivity contribution in [2.24, 2.45) is 0 Å². The van der Waals surface area contributed by atoms with E-state index in [1.54, 1.807) is 5.38 Å². The molecule has 0 amide bonds. The Labute approximate surface area is 120 Å². The normalized spacial score (nSPS) is 11.1. The first-order valence-electron chi connectivity index (χ1n) is 5.42. The average molecular weight is 312 g/mol. The van der Waals surface area contributed by atoms with Crippen LogP contribution in [-0.2, 0) is 6.54 Å². The lowest BCUT2D eigenvalue weighted by atomic mass is 10.3. The van der Waals surface area contributed by atoms with Crippen molar-refractivity contribution in [3.8, 4) is 0 Å². The monoisotopic (exact) mass is 311 g/mol. The molecular formula is C11H6ClN3O4S. The van der Waals surface area contributed by atoms with Crippen LogP contribution in [0.1, 0.15) is 5.69 Å². The fourth-order valence-electron chi connectivity index (χ4n) is 1.83. The molecule has 0 saturated carbocycles. The van der Waals surface area contributed by atoms with Crippen LogP contribution < -0.4 is 5.76 Å². The number of hydrogen-bond donors (Lipinski definition) is 0. The van der Waals surface area contributed by atoms with Gasteiger partial charge in [-0.15, -0.1) is 11.3 Å². The molecule has 0 aliphatic rings. The third kappa shape index (κ3) is 2.19. The SMILES string of the molecule is O=c1oc2ccc([N+](=O)[O-])cc2n1Cc1csc(Cl)n1. The van der Waals surface area contributed by atoms with Crippen LogP contribution >= 0.6 is 22.9 Å². The summed E-state index contributed by atoms with van der Waals surface area (Å²) in [7, 11) is 0. The van der Waals surface area contributed by atoms with Crippen LogP contribution in [0.2, 0.25) is 4.47 Å². The van der Waals surface area contributed by atoms with Crippen LogP contribution in [0.25, 0.3) is 11.1 Å². The minimum absolute atomic E-state index is 0.108. The third-order valence-electron chi connectivity index (χ3n) is 2.71. The minimum atomic E-state index is -0.593. The second kappa shape index (κ2) is 4.73. The number of thiazole rings is 1. The summed E-state index contributed by atoms with van der Waals surface area (Å²) in [6.45, 7) is 0.149. The minimum Gasteiger partial charge on any atom is -0.408 e. The molecule has 0 aliphatic carbocycles. The molecule has 0 bridgehead atoms. The first-order valence-corrected chi connectivity index (χ1v) is 6.68. The molecule has 0 spiro atoms. The van der Waals surface area contributed by atoms with Gasteiger partial charge in [0.05, 0.1) is 22.7 Å². The summed E-state index contributed by atoms with van der Waals surface area (Å²) in [5, 5.41) is 12.5. The number of oxazole rings is 1. The van der Waals surface area contributed by atoms with Crippen LogP contribution in [0.3, 0.4) is 0 Å². The summed E-state index contributed by atoms with van der Waals surface area (Å²) in [5.41, 5.74) is 1.13. The molecule has 0 saturated heterocycles. The lowest BCUT2D eigenvalue weighted by Crippen LogP contribution is -2.15. The molecule has 0 fully saturated rings. The van der Waals surface area contributed by atoms with Gasteiger partial charge in [-0.1, -0.05) is 11.6 Å². The molecule has 0 atom stereocenters. The number of aromatic nitrogens is 2. The second-order valence-corrected chi connectivity index (χ2v) is 5.40. The molecule has 2 aromatic heterocycles. The number of hydrogen-bond acceptors (Lipinski definition) is 6. The highest BCUT2D eigenvalue weighted by atomic mass is 35.5. The average Bonchev–Trinajstić information content (AvgIpc) is 2.94. The fourth-order valence-corrected chi connectivity index (χ4v) is 2.60. The third-order valence-corrected chi connectivity index (χ3v) is 3.73. The van der Waals surface area contributed by atoms with E-state index in [-0.39, 0.29) is 12.2 Å². The number of non-ortho nitro benzene ring substituents is 1. The Kier molecular flexibility index (Phi) is 3.03. The summed E-state index contributed by atoms with van der Waals surface area (Å²) in [6, 6.07) is 3.99. The number of nitrogens with zero attached hydrogens (tertiary/aromatic N) is 3. The topological polar surface area (TPSA) is 91.2 Å². The van der Waals surface area contributed by atoms with Gasteiger partial charge in [0, 0.05) is 17.5 Å². The van der Waals surface area contributed by atoms with Crippen molar-refractivity contribution >= 4 is 39.7 Å². The molecule has 0 N–H and O–H groups in total. The van der Waals surface area contributed by atoms with E-state index in [9.17, 15) is 14.9 Å². The van der Waals surface area contributed by atoms with Crippen molar-refractivity contribution in [2.45, 2.75) is 6.54 Å². The maximum absolute atomic E-state index is 11.8. The highest BCUT2D eigenvalue weighted by molar-refractivity contribution is 7.13. The Morgan fingerprint density at radius 3 is 2.95 bits per heavy atom. The molecule has 3 rings (SSSR count). The molecule has 1 aromatic carbocycles. The summed E-state index contributed by atoms with van der Waals surface area (Å²) >= 11 is 6.98. The van der Waals surface area contributed by atoms with E-state index in [4.69, 9.17) is 16.0 Å². The zero-order chi connectivity index (χ0) is 14.3. The molecule has 0 aliphatic heterocycles. The number of fused-ring (bicyclic) bond motifs is 1. The Bertz CT molecular complexity index is 866. The lowest BCUT2D eigenvalue weighted by Gasteiger charge is -1.98. The lowest BCUT2D eigenvalue weighted by molar-refractivity contribution is -0.384. The number of rotatable bonds is 3. The summed E-state index contributed by atoms with van der Waals surface area (Å²) in [4.78, 5) is 26.1. The molecule has 0 unspecified atom stereocenters. The molecule has 102 valence electrons. The van der Waals surface area contributed by atoms with Gasteiger partial charge in [0.1, 0.15) is 0 Å². The van der Waals surface area contributed by atoms with Crippen LogP contribution in [0.15, 0.2) is 32.8 Å². The zero-order valence-corrected chi connectivity index (χ0v) is 11.3. The van der Waals surface area contributed by atoms with Gasteiger partial charge in [-0.25, -0.2) is 9.78 Å². The Morgan fingerprint density at radius 1 is 1.50 bits per heavy atom. The standard InChI is InChI=1S/C11H6ClN3O4S/c12-10-13-6(5-20-10)4-14-8-3-7(15(17)18)1-2-9(8)19-11(14)16/h1-3,5H,4H2. The molecule has 0 radical (unpaired) electrons. The maximum atomic E-state index is 11.8. The van der Waals surface area contributed by atoms with Gasteiger partial charge in [0.2, 0.25) is 0 Å². The van der Waals surface area contributed by atoms with E-state index in [0.29, 0.717) is 21.3 Å². The quantitative estimate of drug-likeness (QED) is 0.548. The first kappa shape index (κ1) is 12.8. The Hall–Kier alpha value is -2.19. The van der Waals surface area contributed by atoms with Crippen molar-refractivity contribution in [3.05, 3.63) is 54.4 Å². The van der Waals surface area contributed by atoms with E-state index in [1.807, 2.05) is 0 Å². The van der Waals surface area contributed by atoms with E-state index in [0.717, 1.165) is 0 Å². The van der Waals surface area contributed by atoms with Crippen molar-refractivity contribution in [1.82, 2.24) is 9.55 Å². The second-order valence-electron chi connectivity index (χ2n) is 3.96. The Morgan fingerprint density at radius 2 is 2.30 bits per heavy atom. The van der Waals surface area contributed by atoms with E-state index >= 15 is 0 Å². The van der Waals surface area contributed by atoms with Crippen molar-refractivity contribution in [2.75, 3.05) is 0 Å². The van der Waals surface area contributed by atoms with Crippen LogP contribution in [-0.4, -0.2) is 14.5 Å². The highest BCUT2D eigenvalue weighted by Gasteiger charge is 2.15. The van der Waals surface area contributed by atoms with Gasteiger partial charge in [-0.2, -0.15) is 0 Å². The van der Waals surface area contributed by atoms with Crippen molar-refractivity contribution in [1.29, 1.82) is 0 Å². The van der Waals surface area contributed by atoms with Crippen LogP contribution in [0, 0.1) is 10.1 Å². The van der Waals surface area contributed by atoms with Gasteiger partial charge in [-0.05, 0) is 6.07 Å². The van der Waals surface area contributed by atoms with Crippen LogP contribution in [0.4, 0.5) is 5.69 Å². The fraction of sp³-hybridized carbons (Fsp3) is 0.0909. The highest BCUT2D eigenvalue weighted by Crippen LogP contribution is 2.22. The van der Waals surface area contributed by atoms with Crippen molar-refractivity contribution in [3.63, 3.8) is 0 Å². The maximum Gasteiger partial charge on any atom is 0.420 e. The van der Waals surface area contributed by atoms with E-state index in [1.165, 1.54) is 34.1 Å². The molecule has 2 heterocycles. The molecule has 9 heteroatoms. The number of halogens is 1. The first-order chi connectivity index (χ1) is 9.54. The molecule has 7 nitrogen and oxygen atoms in total. The number of nitro benzene ring substituents is 1. The number of benzene rings is 1. The van der Waals surface area contributed by atoms with Crippen LogP contribution in [0.5, 0.6) is 0 Å². The largest absolute Gasteiger partial charge is 0.420 e. The molecule has 20 heavy (non-hydrogen) atoms. The van der Waals surface area contributed by atoms with Gasteiger partial charge in [0.15, 0.2) is 10.0 Å². The Balaban J connectivity index is 2.13. The van der Waals surface area contributed by atoms with E-state index in [2.05, 4.69) is 4.98 Å². The van der Waals surface area contributed by atoms with Gasteiger partial charge in [0.25, 0.3) is 5.69 Å². The smallest absolute Gasteiger partial charge is 0.408 e. The predicted molar refractivity (Wildman–Crippen MR) is 73.4 cm³/mol. The van der Waals surface area contributed by atoms with Crippen molar-refractivity contribution < 1.29 is 9.34 Å². The number of nitro groups is 1. The summed E-state index contributed by atoms with van der Waals surface area (Å²) in [6.07, 6.45) is 0. The molecule has 3 aromatic rings. The van der Waals surface area contributed by atoms with Gasteiger partial charge in [-0.3, -0.25) is 14.7 Å². The van der Waals surface area contributed by atoms with Gasteiger partial charge >= 0.3 is 5.76 Å². The molecular weight excluding hydrogens is 306 g/mol. The van der Waals surface area contributed by atoms with Gasteiger partial charge < -0.3 is 4.42 Å². The van der Waals surface area contributed by atoms with E-state index < -0.39 is 10.7 Å². The summed E-state index contributed by atoms with van der Waals surface area (Å²) in [5.74, 6) is -0.593. The zero-order valence-electron chi connectivity index (χ0n) is 9.78.